The lowest BCUT2D eigenvalue weighted by Gasteiger charge is -2.36. The lowest BCUT2D eigenvalue weighted by molar-refractivity contribution is -0.136. The van der Waals surface area contributed by atoms with Crippen LogP contribution in [0.1, 0.15) is 6.92 Å². The molecule has 1 atom stereocenters. The average molecular weight is 308 g/mol. The predicted molar refractivity (Wildman–Crippen MR) is 84.8 cm³/mol. The van der Waals surface area contributed by atoms with E-state index in [0.717, 1.165) is 13.1 Å². The van der Waals surface area contributed by atoms with Crippen LogP contribution in [0.3, 0.4) is 0 Å². The molecule has 2 rings (SSSR count). The van der Waals surface area contributed by atoms with Crippen LogP contribution in [0.5, 0.6) is 0 Å². The summed E-state index contributed by atoms with van der Waals surface area (Å²) in [6, 6.07) is 10.2. The molecule has 0 aliphatic carbocycles. The second kappa shape index (κ2) is 7.36. The van der Waals surface area contributed by atoms with Gasteiger partial charge in [0.05, 0.1) is 11.0 Å². The molecule has 1 N–H and O–H groups in total. The van der Waals surface area contributed by atoms with Crippen LogP contribution in [0, 0.1) is 0 Å². The van der Waals surface area contributed by atoms with E-state index in [-0.39, 0.29) is 11.7 Å². The number of aliphatic carboxylic acids is 1. The Morgan fingerprint density at radius 3 is 2.38 bits per heavy atom. The van der Waals surface area contributed by atoms with Crippen molar-refractivity contribution in [3.8, 4) is 0 Å². The van der Waals surface area contributed by atoms with Gasteiger partial charge in [-0.15, -0.1) is 11.8 Å². The maximum Gasteiger partial charge on any atom is 0.316 e. The summed E-state index contributed by atoms with van der Waals surface area (Å²) in [4.78, 5) is 26.9. The Kier molecular flexibility index (Phi) is 5.50. The fourth-order valence-corrected chi connectivity index (χ4v) is 2.93. The molecule has 0 spiro atoms. The Morgan fingerprint density at radius 1 is 1.19 bits per heavy atom. The highest BCUT2D eigenvalue weighted by Gasteiger charge is 2.22. The first-order valence-corrected chi connectivity index (χ1v) is 8.05. The minimum absolute atomic E-state index is 0.0285. The molecule has 1 amide bonds. The van der Waals surface area contributed by atoms with Crippen LogP contribution in [0.2, 0.25) is 0 Å². The quantitative estimate of drug-likeness (QED) is 0.894. The number of hydrogen-bond donors (Lipinski definition) is 1. The van der Waals surface area contributed by atoms with Crippen LogP contribution in [-0.4, -0.2) is 59.1 Å². The van der Waals surface area contributed by atoms with E-state index in [1.807, 2.05) is 23.1 Å². The first kappa shape index (κ1) is 15.7. The van der Waals surface area contributed by atoms with E-state index >= 15 is 0 Å². The lowest BCUT2D eigenvalue weighted by Crippen LogP contribution is -2.49. The molecule has 1 aliphatic heterocycles. The Bertz CT molecular complexity index is 487. The first-order valence-electron chi connectivity index (χ1n) is 7.00. The van der Waals surface area contributed by atoms with Gasteiger partial charge in [0.1, 0.15) is 0 Å². The molecular formula is C15H20N2O3S. The zero-order valence-electron chi connectivity index (χ0n) is 12.1. The van der Waals surface area contributed by atoms with Gasteiger partial charge in [-0.1, -0.05) is 18.2 Å². The van der Waals surface area contributed by atoms with Crippen molar-refractivity contribution < 1.29 is 14.7 Å². The van der Waals surface area contributed by atoms with Crippen molar-refractivity contribution in [2.45, 2.75) is 12.2 Å². The fourth-order valence-electron chi connectivity index (χ4n) is 2.21. The number of piperazine rings is 1. The van der Waals surface area contributed by atoms with E-state index in [9.17, 15) is 9.59 Å². The molecule has 0 saturated carbocycles. The van der Waals surface area contributed by atoms with Gasteiger partial charge in [-0.2, -0.15) is 0 Å². The largest absolute Gasteiger partial charge is 0.480 e. The summed E-state index contributed by atoms with van der Waals surface area (Å²) in [5.41, 5.74) is 1.18. The minimum atomic E-state index is -0.873. The van der Waals surface area contributed by atoms with E-state index in [4.69, 9.17) is 5.11 Å². The van der Waals surface area contributed by atoms with Gasteiger partial charge >= 0.3 is 5.97 Å². The third-order valence-electron chi connectivity index (χ3n) is 3.56. The van der Waals surface area contributed by atoms with Crippen LogP contribution in [0.25, 0.3) is 0 Å². The number of carboxylic acid groups (broad SMARTS) is 1. The number of rotatable bonds is 5. The van der Waals surface area contributed by atoms with Crippen LogP contribution in [-0.2, 0) is 9.59 Å². The lowest BCUT2D eigenvalue weighted by atomic mass is 10.2. The molecule has 1 heterocycles. The van der Waals surface area contributed by atoms with Gasteiger partial charge in [0.25, 0.3) is 0 Å². The highest BCUT2D eigenvalue weighted by Crippen LogP contribution is 2.17. The van der Waals surface area contributed by atoms with E-state index < -0.39 is 11.2 Å². The number of benzene rings is 1. The van der Waals surface area contributed by atoms with Crippen molar-refractivity contribution in [3.05, 3.63) is 30.3 Å². The number of amides is 1. The third kappa shape index (κ3) is 4.39. The molecule has 1 aromatic carbocycles. The summed E-state index contributed by atoms with van der Waals surface area (Å²) < 4.78 is 0. The number of para-hydroxylation sites is 1. The molecule has 0 bridgehead atoms. The Balaban J connectivity index is 1.78. The van der Waals surface area contributed by atoms with E-state index in [0.29, 0.717) is 13.1 Å². The van der Waals surface area contributed by atoms with Gasteiger partial charge in [0.2, 0.25) is 5.91 Å². The summed E-state index contributed by atoms with van der Waals surface area (Å²) in [6.07, 6.45) is 0. The van der Waals surface area contributed by atoms with Crippen LogP contribution >= 0.6 is 11.8 Å². The fraction of sp³-hybridized carbons (Fsp3) is 0.467. The second-order valence-electron chi connectivity index (χ2n) is 4.99. The number of carbonyl (C=O) groups excluding carboxylic acids is 1. The van der Waals surface area contributed by atoms with Crippen LogP contribution in [0.15, 0.2) is 30.3 Å². The summed E-state index contributed by atoms with van der Waals surface area (Å²) in [5, 5.41) is 8.27. The molecule has 0 radical (unpaired) electrons. The Morgan fingerprint density at radius 2 is 1.81 bits per heavy atom. The highest BCUT2D eigenvalue weighted by molar-refractivity contribution is 8.01. The summed E-state index contributed by atoms with van der Waals surface area (Å²) in [6.45, 7) is 4.61. The van der Waals surface area contributed by atoms with Gasteiger partial charge in [-0.05, 0) is 19.1 Å². The zero-order valence-corrected chi connectivity index (χ0v) is 12.9. The number of anilines is 1. The number of carbonyl (C=O) groups is 2. The molecule has 1 aliphatic rings. The molecule has 1 fully saturated rings. The molecule has 21 heavy (non-hydrogen) atoms. The SMILES string of the molecule is C[C@H](SCC(=O)N1CCN(c2ccccc2)CC1)C(=O)O. The summed E-state index contributed by atoms with van der Waals surface area (Å²) >= 11 is 1.18. The normalized spacial score (nSPS) is 16.6. The minimum Gasteiger partial charge on any atom is -0.480 e. The maximum absolute atomic E-state index is 12.1. The van der Waals surface area contributed by atoms with Crippen LogP contribution < -0.4 is 4.90 Å². The van der Waals surface area contributed by atoms with E-state index in [2.05, 4.69) is 17.0 Å². The topological polar surface area (TPSA) is 60.9 Å². The number of hydrogen-bond acceptors (Lipinski definition) is 4. The van der Waals surface area contributed by atoms with Crippen molar-refractivity contribution in [1.82, 2.24) is 4.90 Å². The van der Waals surface area contributed by atoms with Gasteiger partial charge in [-0.3, -0.25) is 9.59 Å². The molecular weight excluding hydrogens is 288 g/mol. The number of thioether (sulfide) groups is 1. The summed E-state index contributed by atoms with van der Waals surface area (Å²) in [5.74, 6) is -0.610. The molecule has 0 aromatic heterocycles. The van der Waals surface area contributed by atoms with E-state index in [1.165, 1.54) is 17.4 Å². The molecule has 5 nitrogen and oxygen atoms in total. The molecule has 1 saturated heterocycles. The molecule has 114 valence electrons. The van der Waals surface area contributed by atoms with Gasteiger partial charge in [-0.25, -0.2) is 0 Å². The van der Waals surface area contributed by atoms with Crippen molar-refractivity contribution in [1.29, 1.82) is 0 Å². The number of nitrogens with zero attached hydrogens (tertiary/aromatic N) is 2. The third-order valence-corrected chi connectivity index (χ3v) is 4.67. The van der Waals surface area contributed by atoms with Gasteiger partial charge < -0.3 is 14.9 Å². The van der Waals surface area contributed by atoms with Crippen LogP contribution in [0.4, 0.5) is 5.69 Å². The van der Waals surface area contributed by atoms with Crippen molar-refractivity contribution in [3.63, 3.8) is 0 Å². The van der Waals surface area contributed by atoms with Gasteiger partial charge in [0, 0.05) is 31.9 Å². The number of carboxylic acids is 1. The molecule has 1 aromatic rings. The first-order chi connectivity index (χ1) is 10.1. The Hall–Kier alpha value is -1.69. The van der Waals surface area contributed by atoms with E-state index in [1.54, 1.807) is 6.92 Å². The molecule has 0 unspecified atom stereocenters. The van der Waals surface area contributed by atoms with Crippen molar-refractivity contribution in [2.24, 2.45) is 0 Å². The monoisotopic (exact) mass is 308 g/mol. The van der Waals surface area contributed by atoms with Crippen molar-refractivity contribution in [2.75, 3.05) is 36.8 Å². The highest BCUT2D eigenvalue weighted by atomic mass is 32.2. The average Bonchev–Trinajstić information content (AvgIpc) is 2.53. The van der Waals surface area contributed by atoms with Crippen molar-refractivity contribution >= 4 is 29.3 Å². The molecule has 6 heteroatoms. The zero-order chi connectivity index (χ0) is 15.2. The summed E-state index contributed by atoms with van der Waals surface area (Å²) in [7, 11) is 0. The maximum atomic E-state index is 12.1. The smallest absolute Gasteiger partial charge is 0.316 e. The second-order valence-corrected chi connectivity index (χ2v) is 6.32. The van der Waals surface area contributed by atoms with Gasteiger partial charge in [0.15, 0.2) is 0 Å². The Labute approximate surface area is 128 Å². The predicted octanol–water partition coefficient (Wildman–Crippen LogP) is 1.54. The standard InChI is InChI=1S/C15H20N2O3S/c1-12(15(19)20)21-11-14(18)17-9-7-16(8-10-17)13-5-3-2-4-6-13/h2-6,12H,7-11H2,1H3,(H,19,20)/t12-/m0/s1.